The lowest BCUT2D eigenvalue weighted by atomic mass is 9.96. The molecule has 3 amide bonds. The average Bonchev–Trinajstić information content (AvgIpc) is 2.72. The van der Waals surface area contributed by atoms with Gasteiger partial charge in [-0.05, 0) is 49.1 Å². The molecule has 0 spiro atoms. The van der Waals surface area contributed by atoms with Crippen LogP contribution in [-0.4, -0.2) is 47.2 Å². The highest BCUT2D eigenvalue weighted by Crippen LogP contribution is 2.18. The van der Waals surface area contributed by atoms with Crippen molar-refractivity contribution >= 4 is 35.0 Å². The Labute approximate surface area is 168 Å². The van der Waals surface area contributed by atoms with Crippen LogP contribution in [0.15, 0.2) is 48.8 Å². The summed E-state index contributed by atoms with van der Waals surface area (Å²) >= 11 is 5.86. The topological polar surface area (TPSA) is 91.4 Å². The van der Waals surface area contributed by atoms with Crippen molar-refractivity contribution in [2.45, 2.75) is 12.8 Å². The number of likely N-dealkylation sites (tertiary alicyclic amines) is 1. The number of nitrogens with one attached hydrogen (secondary N) is 2. The highest BCUT2D eigenvalue weighted by atomic mass is 35.5. The molecule has 8 heteroatoms. The number of anilines is 1. The standard InChI is InChI=1S/C20H21ClN4O3/c21-16-4-1-5-17(11-16)24-19(27)18(26)23-12-14-6-9-25(10-7-14)20(28)15-3-2-8-22-13-15/h1-5,8,11,13-14H,6-7,9-10,12H2,(H,23,26)(H,24,27). The number of benzene rings is 1. The molecule has 0 aliphatic carbocycles. The van der Waals surface area contributed by atoms with Crippen LogP contribution in [0.1, 0.15) is 23.2 Å². The van der Waals surface area contributed by atoms with Crippen LogP contribution in [0.5, 0.6) is 0 Å². The summed E-state index contributed by atoms with van der Waals surface area (Å²) in [5.74, 6) is -1.22. The number of hydrogen-bond acceptors (Lipinski definition) is 4. The number of piperidine rings is 1. The summed E-state index contributed by atoms with van der Waals surface area (Å²) in [6.07, 6.45) is 4.73. The SMILES string of the molecule is O=C(NCC1CCN(C(=O)c2cccnc2)CC1)C(=O)Nc1cccc(Cl)c1. The number of hydrogen-bond donors (Lipinski definition) is 2. The van der Waals surface area contributed by atoms with E-state index < -0.39 is 11.8 Å². The van der Waals surface area contributed by atoms with Gasteiger partial charge in [-0.2, -0.15) is 0 Å². The van der Waals surface area contributed by atoms with Crippen molar-refractivity contribution in [3.63, 3.8) is 0 Å². The van der Waals surface area contributed by atoms with E-state index in [0.29, 0.717) is 35.9 Å². The molecule has 0 bridgehead atoms. The maximum absolute atomic E-state index is 12.4. The molecule has 1 aromatic heterocycles. The molecule has 2 N–H and O–H groups in total. The van der Waals surface area contributed by atoms with Gasteiger partial charge in [0.15, 0.2) is 0 Å². The highest BCUT2D eigenvalue weighted by molar-refractivity contribution is 6.39. The maximum Gasteiger partial charge on any atom is 0.313 e. The first kappa shape index (κ1) is 19.8. The number of halogens is 1. The lowest BCUT2D eigenvalue weighted by molar-refractivity contribution is -0.136. The van der Waals surface area contributed by atoms with E-state index in [9.17, 15) is 14.4 Å². The Kier molecular flexibility index (Phi) is 6.60. The molecule has 1 saturated heterocycles. The molecule has 0 unspecified atom stereocenters. The molecule has 1 aromatic carbocycles. The molecular formula is C20H21ClN4O3. The largest absolute Gasteiger partial charge is 0.348 e. The molecule has 146 valence electrons. The number of nitrogens with zero attached hydrogens (tertiary/aromatic N) is 2. The number of pyridine rings is 1. The summed E-state index contributed by atoms with van der Waals surface area (Å²) in [7, 11) is 0. The van der Waals surface area contributed by atoms with Gasteiger partial charge >= 0.3 is 11.8 Å². The van der Waals surface area contributed by atoms with Gasteiger partial charge in [0.2, 0.25) is 0 Å². The lowest BCUT2D eigenvalue weighted by Gasteiger charge is -2.32. The van der Waals surface area contributed by atoms with E-state index in [1.807, 2.05) is 0 Å². The first-order valence-corrected chi connectivity index (χ1v) is 9.45. The van der Waals surface area contributed by atoms with Gasteiger partial charge in [-0.3, -0.25) is 19.4 Å². The van der Waals surface area contributed by atoms with Crippen LogP contribution < -0.4 is 10.6 Å². The Morgan fingerprint density at radius 1 is 1.11 bits per heavy atom. The van der Waals surface area contributed by atoms with E-state index in [4.69, 9.17) is 11.6 Å². The Morgan fingerprint density at radius 3 is 2.57 bits per heavy atom. The number of rotatable bonds is 4. The second-order valence-corrected chi connectivity index (χ2v) is 7.09. The summed E-state index contributed by atoms with van der Waals surface area (Å²) in [6, 6.07) is 10.1. The summed E-state index contributed by atoms with van der Waals surface area (Å²) in [4.78, 5) is 42.2. The maximum atomic E-state index is 12.4. The van der Waals surface area contributed by atoms with Gasteiger partial charge in [0.25, 0.3) is 5.91 Å². The van der Waals surface area contributed by atoms with Gasteiger partial charge in [0.05, 0.1) is 5.56 Å². The van der Waals surface area contributed by atoms with Crippen molar-refractivity contribution in [1.82, 2.24) is 15.2 Å². The van der Waals surface area contributed by atoms with Crippen LogP contribution in [0, 0.1) is 5.92 Å². The minimum absolute atomic E-state index is 0.0310. The Bertz CT molecular complexity index is 852. The molecule has 1 fully saturated rings. The molecule has 3 rings (SSSR count). The van der Waals surface area contributed by atoms with Crippen molar-refractivity contribution < 1.29 is 14.4 Å². The van der Waals surface area contributed by atoms with Crippen LogP contribution in [0.25, 0.3) is 0 Å². The molecule has 0 atom stereocenters. The van der Waals surface area contributed by atoms with Gasteiger partial charge in [-0.1, -0.05) is 17.7 Å². The molecule has 1 aliphatic heterocycles. The third-order valence-electron chi connectivity index (χ3n) is 4.65. The Hall–Kier alpha value is -2.93. The zero-order valence-electron chi connectivity index (χ0n) is 15.2. The van der Waals surface area contributed by atoms with Crippen LogP contribution in [0.2, 0.25) is 5.02 Å². The molecule has 2 heterocycles. The van der Waals surface area contributed by atoms with E-state index in [1.54, 1.807) is 53.7 Å². The monoisotopic (exact) mass is 400 g/mol. The minimum atomic E-state index is -0.730. The Balaban J connectivity index is 1.42. The first-order valence-electron chi connectivity index (χ1n) is 9.07. The van der Waals surface area contributed by atoms with Gasteiger partial charge in [-0.25, -0.2) is 0 Å². The minimum Gasteiger partial charge on any atom is -0.348 e. The van der Waals surface area contributed by atoms with Crippen molar-refractivity contribution in [1.29, 1.82) is 0 Å². The van der Waals surface area contributed by atoms with Gasteiger partial charge in [0, 0.05) is 42.7 Å². The zero-order valence-corrected chi connectivity index (χ0v) is 16.0. The lowest BCUT2D eigenvalue weighted by Crippen LogP contribution is -2.43. The van der Waals surface area contributed by atoms with Crippen LogP contribution in [-0.2, 0) is 9.59 Å². The summed E-state index contributed by atoms with van der Waals surface area (Å²) in [5, 5.41) is 5.66. The van der Waals surface area contributed by atoms with Gasteiger partial charge in [-0.15, -0.1) is 0 Å². The number of aromatic nitrogens is 1. The van der Waals surface area contributed by atoms with Crippen molar-refractivity contribution in [2.75, 3.05) is 25.0 Å². The highest BCUT2D eigenvalue weighted by Gasteiger charge is 2.24. The second-order valence-electron chi connectivity index (χ2n) is 6.65. The third kappa shape index (κ3) is 5.29. The fourth-order valence-electron chi connectivity index (χ4n) is 3.08. The van der Waals surface area contributed by atoms with Crippen molar-refractivity contribution in [3.8, 4) is 0 Å². The quantitative estimate of drug-likeness (QED) is 0.770. The molecule has 0 saturated carbocycles. The van der Waals surface area contributed by atoms with E-state index in [2.05, 4.69) is 15.6 Å². The number of amides is 3. The molecular weight excluding hydrogens is 380 g/mol. The van der Waals surface area contributed by atoms with Gasteiger partial charge < -0.3 is 15.5 Å². The predicted molar refractivity (Wildman–Crippen MR) is 106 cm³/mol. The third-order valence-corrected chi connectivity index (χ3v) is 4.89. The number of carbonyl (C=O) groups excluding carboxylic acids is 3. The van der Waals surface area contributed by atoms with Crippen LogP contribution >= 0.6 is 11.6 Å². The van der Waals surface area contributed by atoms with E-state index in [-0.39, 0.29) is 11.8 Å². The predicted octanol–water partition coefficient (Wildman–Crippen LogP) is 2.34. The van der Waals surface area contributed by atoms with E-state index in [0.717, 1.165) is 12.8 Å². The second kappa shape index (κ2) is 9.32. The molecule has 28 heavy (non-hydrogen) atoms. The molecule has 1 aliphatic rings. The summed E-state index contributed by atoms with van der Waals surface area (Å²) in [6.45, 7) is 1.63. The van der Waals surface area contributed by atoms with Gasteiger partial charge in [0.1, 0.15) is 0 Å². The van der Waals surface area contributed by atoms with Crippen molar-refractivity contribution in [2.24, 2.45) is 5.92 Å². The average molecular weight is 401 g/mol. The van der Waals surface area contributed by atoms with Crippen LogP contribution in [0.3, 0.4) is 0 Å². The molecule has 7 nitrogen and oxygen atoms in total. The zero-order chi connectivity index (χ0) is 19.9. The summed E-state index contributed by atoms with van der Waals surface area (Å²) in [5.41, 5.74) is 1.04. The Morgan fingerprint density at radius 2 is 1.89 bits per heavy atom. The van der Waals surface area contributed by atoms with Crippen LogP contribution in [0.4, 0.5) is 5.69 Å². The summed E-state index contributed by atoms with van der Waals surface area (Å²) < 4.78 is 0. The van der Waals surface area contributed by atoms with Crippen molar-refractivity contribution in [3.05, 3.63) is 59.4 Å². The fourth-order valence-corrected chi connectivity index (χ4v) is 3.27. The molecule has 0 radical (unpaired) electrons. The molecule has 2 aromatic rings. The smallest absolute Gasteiger partial charge is 0.313 e. The van der Waals surface area contributed by atoms with E-state index in [1.165, 1.54) is 0 Å². The van der Waals surface area contributed by atoms with E-state index >= 15 is 0 Å². The fraction of sp³-hybridized carbons (Fsp3) is 0.300. The number of carbonyl (C=O) groups is 3. The first-order chi connectivity index (χ1) is 13.5. The normalized spacial score (nSPS) is 14.4.